The Morgan fingerprint density at radius 2 is 1.12 bits per heavy atom. The van der Waals surface area contributed by atoms with Crippen LogP contribution in [-0.4, -0.2) is 29.0 Å². The Balaban J connectivity index is 0.00000468. The Kier molecular flexibility index (Phi) is 13.1. The number of alkyl halides is 1. The van der Waals surface area contributed by atoms with Gasteiger partial charge in [-0.1, -0.05) is 99.6 Å². The molecule has 1 heterocycles. The fourth-order valence-electron chi connectivity index (χ4n) is 10.1. The van der Waals surface area contributed by atoms with E-state index in [-0.39, 0.29) is 32.0 Å². The van der Waals surface area contributed by atoms with Crippen LogP contribution in [0.25, 0.3) is 0 Å². The Morgan fingerprint density at radius 3 is 1.53 bits per heavy atom. The van der Waals surface area contributed by atoms with Crippen LogP contribution in [0.4, 0.5) is 11.4 Å². The van der Waals surface area contributed by atoms with Crippen molar-refractivity contribution in [1.82, 2.24) is 0 Å². The second kappa shape index (κ2) is 16.5. The molecule has 4 aliphatic rings. The fourth-order valence-corrected chi connectivity index (χ4v) is 15.7. The summed E-state index contributed by atoms with van der Waals surface area (Å²) in [5.74, 6) is 1.40. The smallest absolute Gasteiger partial charge is 0.117 e. The van der Waals surface area contributed by atoms with Crippen LogP contribution >= 0.6 is 19.5 Å². The number of halogens is 1. The Hall–Kier alpha value is -1.40. The average Bonchev–Trinajstić information content (AvgIpc) is 3.44. The number of rotatable bonds is 6. The second-order valence-electron chi connectivity index (χ2n) is 16.0. The first-order chi connectivity index (χ1) is 23.0. The number of nitrogens with zero attached hydrogens (tertiary/aromatic N) is 2. The SMILES string of the molecule is CC(C)=CC=C1C(=C2N(c3c(C)cc(C)cc3C)CCN2c2c(C)cc(C)cc2C)CCCC1(Cl)P(C1CCCCC1)C1CCCCC1.[Ru]. The summed E-state index contributed by atoms with van der Waals surface area (Å²) in [6.45, 7) is 20.2. The zero-order valence-corrected chi connectivity index (χ0v) is 35.2. The van der Waals surface area contributed by atoms with Crippen molar-refractivity contribution in [2.24, 2.45) is 0 Å². The third-order valence-electron chi connectivity index (χ3n) is 11.7. The van der Waals surface area contributed by atoms with Gasteiger partial charge in [0.1, 0.15) is 5.82 Å². The van der Waals surface area contributed by atoms with Crippen molar-refractivity contribution < 1.29 is 19.5 Å². The van der Waals surface area contributed by atoms with Gasteiger partial charge in [-0.25, -0.2) is 0 Å². The average molecular weight is 786 g/mol. The van der Waals surface area contributed by atoms with E-state index in [1.54, 1.807) is 0 Å². The van der Waals surface area contributed by atoms with Crippen LogP contribution in [0, 0.1) is 41.5 Å². The first-order valence-corrected chi connectivity index (χ1v) is 21.1. The van der Waals surface area contributed by atoms with Gasteiger partial charge in [-0.05, 0) is 145 Å². The van der Waals surface area contributed by atoms with E-state index in [9.17, 15) is 0 Å². The molecule has 3 saturated carbocycles. The summed E-state index contributed by atoms with van der Waals surface area (Å²) < 4.78 is -0.277. The van der Waals surface area contributed by atoms with Gasteiger partial charge in [0, 0.05) is 43.9 Å². The molecule has 0 amide bonds. The molecule has 4 fully saturated rings. The van der Waals surface area contributed by atoms with Crippen LogP contribution in [-0.2, 0) is 19.5 Å². The largest absolute Gasteiger partial charge is 0.325 e. The van der Waals surface area contributed by atoms with Gasteiger partial charge < -0.3 is 9.80 Å². The third kappa shape index (κ3) is 8.01. The van der Waals surface area contributed by atoms with E-state index in [1.807, 2.05) is 0 Å². The van der Waals surface area contributed by atoms with Gasteiger partial charge in [0.05, 0.1) is 4.62 Å². The standard InChI is InChI=1S/C44H62ClN2P.Ru/c1-30(2)21-22-40-39(20-15-23-44(40,45)48(37-16-11-9-12-17-37)38-18-13-10-14-19-38)43-46(41-33(5)26-31(3)27-34(41)6)24-25-47(43)42-35(7)28-32(4)29-36(42)8;/h21-22,26-29,37-38H,9-20,23-25H2,1-8H3;. The molecule has 0 aromatic heterocycles. The van der Waals surface area contributed by atoms with E-state index >= 15 is 0 Å². The van der Waals surface area contributed by atoms with Gasteiger partial charge in [-0.2, -0.15) is 0 Å². The van der Waals surface area contributed by atoms with Gasteiger partial charge in [-0.15, -0.1) is 11.6 Å². The number of anilines is 2. The van der Waals surface area contributed by atoms with Crippen LogP contribution in [0.5, 0.6) is 0 Å². The summed E-state index contributed by atoms with van der Waals surface area (Å²) in [6.07, 6.45) is 22.2. The van der Waals surface area contributed by atoms with Crippen molar-refractivity contribution in [2.45, 2.75) is 155 Å². The number of aryl methyl sites for hydroxylation is 6. The molecule has 0 N–H and O–H groups in total. The van der Waals surface area contributed by atoms with Crippen molar-refractivity contribution in [3.8, 4) is 0 Å². The summed E-state index contributed by atoms with van der Waals surface area (Å²) in [5, 5.41) is 0. The van der Waals surface area contributed by atoms with Crippen molar-refractivity contribution in [3.63, 3.8) is 0 Å². The minimum absolute atomic E-state index is 0. The van der Waals surface area contributed by atoms with Crippen molar-refractivity contribution >= 4 is 30.9 Å². The molecule has 0 radical (unpaired) electrons. The molecule has 1 saturated heterocycles. The number of allylic oxidation sites excluding steroid dienone is 5. The monoisotopic (exact) mass is 786 g/mol. The van der Waals surface area contributed by atoms with Crippen molar-refractivity contribution in [2.75, 3.05) is 22.9 Å². The Morgan fingerprint density at radius 1 is 0.694 bits per heavy atom. The van der Waals surface area contributed by atoms with Crippen LogP contribution in [0.2, 0.25) is 0 Å². The van der Waals surface area contributed by atoms with E-state index < -0.39 is 0 Å². The summed E-state index contributed by atoms with van der Waals surface area (Å²) >= 11 is 8.54. The van der Waals surface area contributed by atoms with Gasteiger partial charge in [0.25, 0.3) is 0 Å². The van der Waals surface area contributed by atoms with Crippen LogP contribution in [0.15, 0.2) is 59.0 Å². The van der Waals surface area contributed by atoms with Crippen molar-refractivity contribution in [1.29, 1.82) is 0 Å². The maximum atomic E-state index is 8.54. The number of benzene rings is 2. The molecule has 0 bridgehead atoms. The normalized spacial score (nSPS) is 23.4. The molecule has 5 heteroatoms. The topological polar surface area (TPSA) is 6.48 Å². The molecule has 49 heavy (non-hydrogen) atoms. The van der Waals surface area contributed by atoms with Crippen LogP contribution < -0.4 is 9.80 Å². The second-order valence-corrected chi connectivity index (χ2v) is 20.0. The summed E-state index contributed by atoms with van der Waals surface area (Å²) in [5.41, 5.74) is 16.9. The molecule has 1 unspecified atom stereocenters. The molecule has 2 aromatic rings. The first kappa shape index (κ1) is 38.8. The van der Waals surface area contributed by atoms with E-state index in [0.29, 0.717) is 0 Å². The molecule has 3 aliphatic carbocycles. The Labute approximate surface area is 318 Å². The maximum absolute atomic E-state index is 8.54. The fraction of sp³-hybridized carbons (Fsp3) is 0.591. The zero-order chi connectivity index (χ0) is 34.2. The predicted molar refractivity (Wildman–Crippen MR) is 214 cm³/mol. The summed E-state index contributed by atoms with van der Waals surface area (Å²) in [7, 11) is -0.382. The minimum atomic E-state index is -0.382. The zero-order valence-electron chi connectivity index (χ0n) is 31.8. The van der Waals surface area contributed by atoms with Crippen LogP contribution in [0.3, 0.4) is 0 Å². The van der Waals surface area contributed by atoms with Gasteiger partial charge in [0.15, 0.2) is 0 Å². The van der Waals surface area contributed by atoms with Crippen LogP contribution in [0.1, 0.15) is 131 Å². The van der Waals surface area contributed by atoms with Gasteiger partial charge in [0.2, 0.25) is 0 Å². The number of hydrogen-bond donors (Lipinski definition) is 0. The van der Waals surface area contributed by atoms with E-state index in [2.05, 4.69) is 102 Å². The molecule has 6 rings (SSSR count). The van der Waals surface area contributed by atoms with Gasteiger partial charge in [-0.3, -0.25) is 0 Å². The minimum Gasteiger partial charge on any atom is -0.325 e. The molecule has 0 spiro atoms. The molecule has 1 aliphatic heterocycles. The molecule has 2 aromatic carbocycles. The van der Waals surface area contributed by atoms with E-state index in [0.717, 1.165) is 37.2 Å². The molecular formula is C44H62ClN2PRu. The third-order valence-corrected chi connectivity index (χ3v) is 16.6. The number of hydrogen-bond acceptors (Lipinski definition) is 2. The maximum Gasteiger partial charge on any atom is 0.117 e. The Bertz CT molecular complexity index is 1460. The van der Waals surface area contributed by atoms with E-state index in [1.165, 1.54) is 138 Å². The molecule has 268 valence electrons. The van der Waals surface area contributed by atoms with Crippen molar-refractivity contribution in [3.05, 3.63) is 92.3 Å². The predicted octanol–water partition coefficient (Wildman–Crippen LogP) is 13.2. The van der Waals surface area contributed by atoms with Gasteiger partial charge >= 0.3 is 0 Å². The summed E-state index contributed by atoms with van der Waals surface area (Å²) in [4.78, 5) is 5.42. The molecule has 1 atom stereocenters. The first-order valence-electron chi connectivity index (χ1n) is 19.3. The molecule has 2 nitrogen and oxygen atoms in total. The van der Waals surface area contributed by atoms with E-state index in [4.69, 9.17) is 11.6 Å². The molecular weight excluding hydrogens is 724 g/mol. The quantitative estimate of drug-likeness (QED) is 0.163. The summed E-state index contributed by atoms with van der Waals surface area (Å²) in [6, 6.07) is 9.53.